The van der Waals surface area contributed by atoms with Gasteiger partial charge in [0, 0.05) is 13.2 Å². The Balaban J connectivity index is 3.14. The summed E-state index contributed by atoms with van der Waals surface area (Å²) in [6.45, 7) is 8.66. The molecular formula is C39H73NO. The van der Waals surface area contributed by atoms with Gasteiger partial charge in [-0.15, -0.1) is 0 Å². The van der Waals surface area contributed by atoms with Crippen LogP contribution in [0.4, 0.5) is 0 Å². The Kier molecular flexibility index (Phi) is 37.8. The summed E-state index contributed by atoms with van der Waals surface area (Å²) in [6.07, 6.45) is 51.4. The Morgan fingerprint density at radius 1 is 0.366 bits per heavy atom. The average molecular weight is 572 g/mol. The van der Waals surface area contributed by atoms with Gasteiger partial charge in [0.25, 0.3) is 0 Å². The van der Waals surface area contributed by atoms with Gasteiger partial charge in [-0.2, -0.15) is 0 Å². The average Bonchev–Trinajstić information content (AvgIpc) is 2.98. The predicted molar refractivity (Wildman–Crippen MR) is 187 cm³/mol. The summed E-state index contributed by atoms with van der Waals surface area (Å²) in [6, 6.07) is 0. The summed E-state index contributed by atoms with van der Waals surface area (Å²) in [5.41, 5.74) is 0. The van der Waals surface area contributed by atoms with Crippen molar-refractivity contribution in [2.75, 3.05) is 26.3 Å². The zero-order chi connectivity index (χ0) is 29.6. The summed E-state index contributed by atoms with van der Waals surface area (Å²) >= 11 is 0. The van der Waals surface area contributed by atoms with Crippen molar-refractivity contribution >= 4 is 0 Å². The quantitative estimate of drug-likeness (QED) is 0.0612. The molecule has 0 saturated carbocycles. The van der Waals surface area contributed by atoms with Crippen molar-refractivity contribution in [2.45, 2.75) is 174 Å². The van der Waals surface area contributed by atoms with E-state index in [-0.39, 0.29) is 0 Å². The van der Waals surface area contributed by atoms with Crippen LogP contribution in [-0.2, 0) is 4.74 Å². The van der Waals surface area contributed by atoms with Crippen LogP contribution >= 0.6 is 0 Å². The maximum atomic E-state index is 5.83. The first-order valence-electron chi connectivity index (χ1n) is 18.3. The third kappa shape index (κ3) is 38.9. The summed E-state index contributed by atoms with van der Waals surface area (Å²) in [5.74, 6) is 0. The zero-order valence-corrected chi connectivity index (χ0v) is 28.0. The highest BCUT2D eigenvalue weighted by molar-refractivity contribution is 4.93. The second kappa shape index (κ2) is 38.9. The van der Waals surface area contributed by atoms with E-state index in [0.29, 0.717) is 0 Å². The summed E-state index contributed by atoms with van der Waals surface area (Å²) in [4.78, 5) is 0. The molecule has 2 heteroatoms. The molecule has 0 aliphatic rings. The van der Waals surface area contributed by atoms with E-state index in [1.54, 1.807) is 0 Å². The molecule has 0 aliphatic heterocycles. The van der Waals surface area contributed by atoms with Gasteiger partial charge in [0.2, 0.25) is 0 Å². The van der Waals surface area contributed by atoms with Crippen molar-refractivity contribution in [3.8, 4) is 0 Å². The zero-order valence-electron chi connectivity index (χ0n) is 28.0. The van der Waals surface area contributed by atoms with Crippen molar-refractivity contribution in [3.05, 3.63) is 48.6 Å². The van der Waals surface area contributed by atoms with Crippen molar-refractivity contribution in [1.82, 2.24) is 5.32 Å². The van der Waals surface area contributed by atoms with Gasteiger partial charge in [-0.3, -0.25) is 0 Å². The van der Waals surface area contributed by atoms with E-state index in [2.05, 4.69) is 67.8 Å². The number of unbranched alkanes of at least 4 members (excludes halogenated alkanes) is 18. The first-order valence-corrected chi connectivity index (χ1v) is 18.3. The molecule has 2 nitrogen and oxygen atoms in total. The van der Waals surface area contributed by atoms with Gasteiger partial charge in [-0.1, -0.05) is 140 Å². The molecule has 0 fully saturated rings. The molecule has 0 atom stereocenters. The molecule has 0 amide bonds. The molecule has 0 unspecified atom stereocenters. The highest BCUT2D eigenvalue weighted by Gasteiger charge is 1.94. The smallest absolute Gasteiger partial charge is 0.0478 e. The minimum absolute atomic E-state index is 0.914. The Morgan fingerprint density at radius 2 is 0.732 bits per heavy atom. The summed E-state index contributed by atoms with van der Waals surface area (Å²) in [7, 11) is 0. The molecule has 0 radical (unpaired) electrons. The van der Waals surface area contributed by atoms with Gasteiger partial charge in [0.15, 0.2) is 0 Å². The third-order valence-electron chi connectivity index (χ3n) is 7.69. The molecule has 240 valence electrons. The Labute approximate surface area is 259 Å². The maximum absolute atomic E-state index is 5.83. The van der Waals surface area contributed by atoms with Crippen LogP contribution in [0.2, 0.25) is 0 Å². The molecule has 1 N–H and O–H groups in total. The molecule has 0 heterocycles. The minimum atomic E-state index is 0.914. The lowest BCUT2D eigenvalue weighted by molar-refractivity contribution is 0.127. The Bertz CT molecular complexity index is 526. The third-order valence-corrected chi connectivity index (χ3v) is 7.69. The molecular weight excluding hydrogens is 498 g/mol. The summed E-state index contributed by atoms with van der Waals surface area (Å²) in [5, 5.41) is 3.59. The van der Waals surface area contributed by atoms with Gasteiger partial charge in [0.1, 0.15) is 0 Å². The number of hydrogen-bond donors (Lipinski definition) is 1. The van der Waals surface area contributed by atoms with E-state index in [9.17, 15) is 0 Å². The second-order valence-electron chi connectivity index (χ2n) is 11.9. The minimum Gasteiger partial charge on any atom is -0.381 e. The molecule has 0 aromatic rings. The molecule has 0 aliphatic carbocycles. The fourth-order valence-corrected chi connectivity index (χ4v) is 4.96. The first-order chi connectivity index (χ1) is 20.4. The molecule has 0 spiro atoms. The van der Waals surface area contributed by atoms with Gasteiger partial charge < -0.3 is 10.1 Å². The number of ether oxygens (including phenoxy) is 1. The SMILES string of the molecule is CCCCC/C=C\C/C=C\CCCCCCCCOCCCNCCCCCCCC/C=C/C/C=C/CCCCC. The number of allylic oxidation sites excluding steroid dienone is 8. The highest BCUT2D eigenvalue weighted by atomic mass is 16.5. The van der Waals surface area contributed by atoms with Crippen LogP contribution in [0.5, 0.6) is 0 Å². The van der Waals surface area contributed by atoms with Crippen molar-refractivity contribution < 1.29 is 4.74 Å². The molecule has 0 aromatic heterocycles. The van der Waals surface area contributed by atoms with Gasteiger partial charge in [-0.05, 0) is 96.6 Å². The number of nitrogens with one attached hydrogen (secondary N) is 1. The normalized spacial score (nSPS) is 12.3. The molecule has 0 rings (SSSR count). The van der Waals surface area contributed by atoms with E-state index in [1.807, 2.05) is 0 Å². The van der Waals surface area contributed by atoms with Crippen LogP contribution in [0.1, 0.15) is 174 Å². The van der Waals surface area contributed by atoms with Gasteiger partial charge >= 0.3 is 0 Å². The molecule has 41 heavy (non-hydrogen) atoms. The standard InChI is InChI=1S/C39H73NO/c1-3-5-7-9-11-13-15-17-19-21-23-25-27-29-31-33-36-40-37-35-39-41-38-34-32-30-28-26-24-22-20-18-16-14-12-10-8-6-4-2/h11-14,17-20,40H,3-10,15-16,21-39H2,1-2H3/b13-11+,14-12-,19-17+,20-18-. The molecule has 0 bridgehead atoms. The van der Waals surface area contributed by atoms with Crippen LogP contribution in [0.25, 0.3) is 0 Å². The van der Waals surface area contributed by atoms with Crippen molar-refractivity contribution in [1.29, 1.82) is 0 Å². The summed E-state index contributed by atoms with van der Waals surface area (Å²) < 4.78 is 5.83. The molecule has 0 aromatic carbocycles. The monoisotopic (exact) mass is 572 g/mol. The second-order valence-corrected chi connectivity index (χ2v) is 11.9. The maximum Gasteiger partial charge on any atom is 0.0478 e. The topological polar surface area (TPSA) is 21.3 Å². The number of rotatable bonds is 34. The van der Waals surface area contributed by atoms with Crippen LogP contribution in [0, 0.1) is 0 Å². The molecule has 0 saturated heterocycles. The highest BCUT2D eigenvalue weighted by Crippen LogP contribution is 2.09. The van der Waals surface area contributed by atoms with Crippen molar-refractivity contribution in [2.24, 2.45) is 0 Å². The van der Waals surface area contributed by atoms with Crippen LogP contribution < -0.4 is 5.32 Å². The Hall–Kier alpha value is -1.12. The number of hydrogen-bond acceptors (Lipinski definition) is 2. The van der Waals surface area contributed by atoms with E-state index >= 15 is 0 Å². The van der Waals surface area contributed by atoms with Gasteiger partial charge in [-0.25, -0.2) is 0 Å². The van der Waals surface area contributed by atoms with Gasteiger partial charge in [0.05, 0.1) is 0 Å². The van der Waals surface area contributed by atoms with Crippen LogP contribution in [0.15, 0.2) is 48.6 Å². The Morgan fingerprint density at radius 3 is 1.22 bits per heavy atom. The van der Waals surface area contributed by atoms with E-state index in [4.69, 9.17) is 4.74 Å². The lowest BCUT2D eigenvalue weighted by Crippen LogP contribution is -2.18. The van der Waals surface area contributed by atoms with Crippen LogP contribution in [0.3, 0.4) is 0 Å². The van der Waals surface area contributed by atoms with E-state index in [1.165, 1.54) is 148 Å². The van der Waals surface area contributed by atoms with Crippen LogP contribution in [-0.4, -0.2) is 26.3 Å². The fourth-order valence-electron chi connectivity index (χ4n) is 4.96. The lowest BCUT2D eigenvalue weighted by Gasteiger charge is -2.06. The fraction of sp³-hybridized carbons (Fsp3) is 0.795. The lowest BCUT2D eigenvalue weighted by atomic mass is 10.1. The largest absolute Gasteiger partial charge is 0.381 e. The van der Waals surface area contributed by atoms with E-state index < -0.39 is 0 Å². The van der Waals surface area contributed by atoms with E-state index in [0.717, 1.165) is 39.0 Å². The van der Waals surface area contributed by atoms with Crippen molar-refractivity contribution in [3.63, 3.8) is 0 Å². The predicted octanol–water partition coefficient (Wildman–Crippen LogP) is 12.6. The first kappa shape index (κ1) is 39.9.